The SMILES string of the molecule is CCNC(=NCCSC)NC1CC1c1ccccc1.I. The Bertz CT molecular complexity index is 411. The van der Waals surface area contributed by atoms with Crippen LogP contribution in [0, 0.1) is 0 Å². The van der Waals surface area contributed by atoms with E-state index >= 15 is 0 Å². The summed E-state index contributed by atoms with van der Waals surface area (Å²) < 4.78 is 0. The summed E-state index contributed by atoms with van der Waals surface area (Å²) in [6, 6.07) is 11.3. The lowest BCUT2D eigenvalue weighted by atomic mass is 10.1. The predicted octanol–water partition coefficient (Wildman–Crippen LogP) is 3.08. The third-order valence-electron chi connectivity index (χ3n) is 3.25. The van der Waals surface area contributed by atoms with Gasteiger partial charge in [0.25, 0.3) is 0 Å². The van der Waals surface area contributed by atoms with Crippen molar-refractivity contribution in [1.29, 1.82) is 0 Å². The van der Waals surface area contributed by atoms with Gasteiger partial charge in [-0.25, -0.2) is 0 Å². The van der Waals surface area contributed by atoms with Crippen molar-refractivity contribution >= 4 is 41.7 Å². The Morgan fingerprint density at radius 2 is 2.10 bits per heavy atom. The summed E-state index contributed by atoms with van der Waals surface area (Å²) in [6.07, 6.45) is 3.32. The first-order valence-corrected chi connectivity index (χ1v) is 8.33. The number of hydrogen-bond donors (Lipinski definition) is 2. The number of aliphatic imine (C=N–C) groups is 1. The fraction of sp³-hybridized carbons (Fsp3) is 0.533. The van der Waals surface area contributed by atoms with E-state index in [-0.39, 0.29) is 24.0 Å². The fourth-order valence-corrected chi connectivity index (χ4v) is 2.44. The monoisotopic (exact) mass is 405 g/mol. The summed E-state index contributed by atoms with van der Waals surface area (Å²) in [5, 5.41) is 6.84. The molecule has 20 heavy (non-hydrogen) atoms. The number of benzene rings is 1. The molecule has 0 bridgehead atoms. The first-order valence-electron chi connectivity index (χ1n) is 6.94. The first kappa shape index (κ1) is 17.6. The van der Waals surface area contributed by atoms with Crippen LogP contribution in [0.25, 0.3) is 0 Å². The molecule has 0 heterocycles. The van der Waals surface area contributed by atoms with Gasteiger partial charge in [0.1, 0.15) is 0 Å². The quantitative estimate of drug-likeness (QED) is 0.331. The maximum atomic E-state index is 4.59. The van der Waals surface area contributed by atoms with Gasteiger partial charge in [-0.3, -0.25) is 4.99 Å². The molecule has 5 heteroatoms. The molecule has 2 rings (SSSR count). The first-order chi connectivity index (χ1) is 9.35. The topological polar surface area (TPSA) is 36.4 Å². The van der Waals surface area contributed by atoms with Gasteiger partial charge in [-0.2, -0.15) is 11.8 Å². The van der Waals surface area contributed by atoms with E-state index < -0.39 is 0 Å². The van der Waals surface area contributed by atoms with Gasteiger partial charge in [-0.05, 0) is 25.2 Å². The fourth-order valence-electron chi connectivity index (χ4n) is 2.17. The maximum absolute atomic E-state index is 4.59. The number of rotatable bonds is 6. The molecule has 0 amide bonds. The predicted molar refractivity (Wildman–Crippen MR) is 100 cm³/mol. The molecule has 0 radical (unpaired) electrons. The second-order valence-electron chi connectivity index (χ2n) is 4.76. The van der Waals surface area contributed by atoms with Crippen molar-refractivity contribution in [2.24, 2.45) is 4.99 Å². The average molecular weight is 405 g/mol. The van der Waals surface area contributed by atoms with Crippen LogP contribution in [-0.4, -0.2) is 37.1 Å². The van der Waals surface area contributed by atoms with Crippen LogP contribution in [-0.2, 0) is 0 Å². The molecule has 2 N–H and O–H groups in total. The van der Waals surface area contributed by atoms with Crippen LogP contribution in [0.3, 0.4) is 0 Å². The molecule has 2 atom stereocenters. The van der Waals surface area contributed by atoms with Crippen LogP contribution < -0.4 is 10.6 Å². The highest BCUT2D eigenvalue weighted by Gasteiger charge is 2.38. The Morgan fingerprint density at radius 1 is 1.35 bits per heavy atom. The minimum absolute atomic E-state index is 0. The van der Waals surface area contributed by atoms with E-state index in [2.05, 4.69) is 59.1 Å². The van der Waals surface area contributed by atoms with Crippen molar-refractivity contribution in [3.8, 4) is 0 Å². The largest absolute Gasteiger partial charge is 0.357 e. The van der Waals surface area contributed by atoms with Gasteiger partial charge in [-0.1, -0.05) is 30.3 Å². The van der Waals surface area contributed by atoms with E-state index in [9.17, 15) is 0 Å². The molecule has 112 valence electrons. The van der Waals surface area contributed by atoms with Gasteiger partial charge >= 0.3 is 0 Å². The molecule has 1 saturated carbocycles. The molecule has 1 aliphatic carbocycles. The Morgan fingerprint density at radius 3 is 2.75 bits per heavy atom. The third-order valence-corrected chi connectivity index (χ3v) is 3.84. The van der Waals surface area contributed by atoms with Gasteiger partial charge in [0.05, 0.1) is 6.54 Å². The second kappa shape index (κ2) is 9.50. The number of halogens is 1. The Balaban J connectivity index is 0.00000200. The van der Waals surface area contributed by atoms with Crippen molar-refractivity contribution in [2.75, 3.05) is 25.1 Å². The van der Waals surface area contributed by atoms with E-state index in [1.807, 2.05) is 11.8 Å². The molecule has 1 fully saturated rings. The third kappa shape index (κ3) is 5.52. The maximum Gasteiger partial charge on any atom is 0.191 e. The van der Waals surface area contributed by atoms with Gasteiger partial charge in [-0.15, -0.1) is 24.0 Å². The van der Waals surface area contributed by atoms with Crippen molar-refractivity contribution in [1.82, 2.24) is 10.6 Å². The molecule has 3 nitrogen and oxygen atoms in total. The summed E-state index contributed by atoms with van der Waals surface area (Å²) >= 11 is 1.83. The molecule has 0 saturated heterocycles. The second-order valence-corrected chi connectivity index (χ2v) is 5.74. The number of guanidine groups is 1. The number of hydrogen-bond acceptors (Lipinski definition) is 2. The van der Waals surface area contributed by atoms with Gasteiger partial charge in [0, 0.05) is 24.3 Å². The molecular weight excluding hydrogens is 381 g/mol. The van der Waals surface area contributed by atoms with Gasteiger partial charge < -0.3 is 10.6 Å². The van der Waals surface area contributed by atoms with Crippen molar-refractivity contribution < 1.29 is 0 Å². The molecule has 1 aromatic carbocycles. The van der Waals surface area contributed by atoms with E-state index in [4.69, 9.17) is 0 Å². The normalized spacial score (nSPS) is 21.0. The molecule has 2 unspecified atom stereocenters. The van der Waals surface area contributed by atoms with Gasteiger partial charge in [0.15, 0.2) is 5.96 Å². The van der Waals surface area contributed by atoms with E-state index in [1.54, 1.807) is 0 Å². The molecule has 1 aromatic rings. The number of nitrogens with one attached hydrogen (secondary N) is 2. The Hall–Kier alpha value is -0.430. The van der Waals surface area contributed by atoms with E-state index in [0.717, 1.165) is 24.8 Å². The van der Waals surface area contributed by atoms with Crippen LogP contribution in [0.1, 0.15) is 24.8 Å². The number of thioether (sulfide) groups is 1. The number of nitrogens with zero attached hydrogens (tertiary/aromatic N) is 1. The van der Waals surface area contributed by atoms with E-state index in [1.165, 1.54) is 12.0 Å². The standard InChI is InChI=1S/C15H23N3S.HI/c1-3-16-15(17-9-10-19-2)18-14-11-13(14)12-7-5-4-6-8-12;/h4-8,13-14H,3,9-11H2,1-2H3,(H2,16,17,18);1H. The lowest BCUT2D eigenvalue weighted by molar-refractivity contribution is 0.799. The summed E-state index contributed by atoms with van der Waals surface area (Å²) in [6.45, 7) is 3.89. The van der Waals surface area contributed by atoms with Crippen LogP contribution in [0.5, 0.6) is 0 Å². The van der Waals surface area contributed by atoms with Crippen LogP contribution >= 0.6 is 35.7 Å². The van der Waals surface area contributed by atoms with Gasteiger partial charge in [0.2, 0.25) is 0 Å². The lowest BCUT2D eigenvalue weighted by Crippen LogP contribution is -2.39. The van der Waals surface area contributed by atoms with Crippen LogP contribution in [0.4, 0.5) is 0 Å². The summed E-state index contributed by atoms with van der Waals surface area (Å²) in [5.74, 6) is 2.68. The Kier molecular flexibility index (Phi) is 8.37. The Labute approximate surface area is 143 Å². The van der Waals surface area contributed by atoms with E-state index in [0.29, 0.717) is 12.0 Å². The summed E-state index contributed by atoms with van der Waals surface area (Å²) in [4.78, 5) is 4.59. The van der Waals surface area contributed by atoms with Crippen LogP contribution in [0.2, 0.25) is 0 Å². The summed E-state index contributed by atoms with van der Waals surface area (Å²) in [7, 11) is 0. The lowest BCUT2D eigenvalue weighted by Gasteiger charge is -2.11. The smallest absolute Gasteiger partial charge is 0.191 e. The molecule has 0 aliphatic heterocycles. The highest BCUT2D eigenvalue weighted by molar-refractivity contribution is 14.0. The zero-order valence-corrected chi connectivity index (χ0v) is 15.3. The zero-order chi connectivity index (χ0) is 13.5. The summed E-state index contributed by atoms with van der Waals surface area (Å²) in [5.41, 5.74) is 1.43. The highest BCUT2D eigenvalue weighted by atomic mass is 127. The average Bonchev–Trinajstić information content (AvgIpc) is 3.19. The van der Waals surface area contributed by atoms with Crippen LogP contribution in [0.15, 0.2) is 35.3 Å². The molecule has 1 aliphatic rings. The van der Waals surface area contributed by atoms with Crippen molar-refractivity contribution in [2.45, 2.75) is 25.3 Å². The minimum atomic E-state index is 0. The zero-order valence-electron chi connectivity index (χ0n) is 12.1. The van der Waals surface area contributed by atoms with Crippen molar-refractivity contribution in [3.05, 3.63) is 35.9 Å². The highest BCUT2D eigenvalue weighted by Crippen LogP contribution is 2.40. The molecule has 0 spiro atoms. The minimum Gasteiger partial charge on any atom is -0.357 e. The van der Waals surface area contributed by atoms with Crippen molar-refractivity contribution in [3.63, 3.8) is 0 Å². The molecule has 0 aromatic heterocycles. The molecular formula is C15H24IN3S.